The van der Waals surface area contributed by atoms with E-state index in [1.54, 1.807) is 23.8 Å². The Morgan fingerprint density at radius 1 is 1.31 bits per heavy atom. The third kappa shape index (κ3) is 5.78. The standard InChI is InChI=1S/C18H26N2O5.ClH/c1-4-9-20(11-17(21)22)13(2)18(23)19(3)10-14-12-24-15-7-5-6-8-16(15)25-14;/h5-8,13-14H,4,9-12H2,1-3H3,(H,21,22);1H. The molecule has 7 nitrogen and oxygen atoms in total. The zero-order chi connectivity index (χ0) is 18.4. The number of fused-ring (bicyclic) bond motifs is 1. The number of ether oxygens (including phenoxy) is 2. The molecule has 146 valence electrons. The fraction of sp³-hybridized carbons (Fsp3) is 0.556. The number of aliphatic carboxylic acids is 1. The van der Waals surface area contributed by atoms with Crippen molar-refractivity contribution in [1.82, 2.24) is 9.80 Å². The second-order valence-corrected chi connectivity index (χ2v) is 6.26. The predicted octanol–water partition coefficient (Wildman–Crippen LogP) is 1.89. The van der Waals surface area contributed by atoms with Crippen molar-refractivity contribution in [2.24, 2.45) is 0 Å². The molecule has 1 aromatic rings. The van der Waals surface area contributed by atoms with Crippen LogP contribution in [0.25, 0.3) is 0 Å². The summed E-state index contributed by atoms with van der Waals surface area (Å²) in [5.41, 5.74) is 0. The van der Waals surface area contributed by atoms with Gasteiger partial charge in [0.15, 0.2) is 17.6 Å². The van der Waals surface area contributed by atoms with Crippen molar-refractivity contribution in [3.63, 3.8) is 0 Å². The summed E-state index contributed by atoms with van der Waals surface area (Å²) in [6.45, 7) is 4.86. The first kappa shape index (κ1) is 22.1. The first-order valence-corrected chi connectivity index (χ1v) is 8.51. The number of para-hydroxylation sites is 2. The van der Waals surface area contributed by atoms with Crippen LogP contribution in [0.1, 0.15) is 20.3 Å². The third-order valence-corrected chi connectivity index (χ3v) is 4.18. The van der Waals surface area contributed by atoms with Gasteiger partial charge in [0.25, 0.3) is 0 Å². The number of hydrogen-bond donors (Lipinski definition) is 1. The molecule has 1 aliphatic heterocycles. The second kappa shape index (κ2) is 10.2. The molecule has 0 aromatic heterocycles. The Hall–Kier alpha value is -1.99. The van der Waals surface area contributed by atoms with E-state index in [2.05, 4.69) is 0 Å². The van der Waals surface area contributed by atoms with Gasteiger partial charge in [0.05, 0.1) is 19.1 Å². The number of benzene rings is 1. The molecule has 8 heteroatoms. The highest BCUT2D eigenvalue weighted by molar-refractivity contribution is 5.85. The molecule has 2 unspecified atom stereocenters. The summed E-state index contributed by atoms with van der Waals surface area (Å²) in [7, 11) is 1.70. The van der Waals surface area contributed by atoms with Crippen LogP contribution in [0, 0.1) is 0 Å². The number of likely N-dealkylation sites (N-methyl/N-ethyl adjacent to an activating group) is 1. The average molecular weight is 387 g/mol. The normalized spacial score (nSPS) is 16.5. The van der Waals surface area contributed by atoms with Crippen LogP contribution in [0.5, 0.6) is 11.5 Å². The molecule has 0 bridgehead atoms. The Kier molecular flexibility index (Phi) is 8.68. The number of nitrogens with zero attached hydrogens (tertiary/aromatic N) is 2. The molecule has 1 heterocycles. The number of rotatable bonds is 8. The van der Waals surface area contributed by atoms with Crippen LogP contribution < -0.4 is 9.47 Å². The zero-order valence-corrected chi connectivity index (χ0v) is 16.2. The van der Waals surface area contributed by atoms with Gasteiger partial charge in [0.1, 0.15) is 6.61 Å². The molecule has 1 N–H and O–H groups in total. The molecular formula is C18H27ClN2O5. The fourth-order valence-corrected chi connectivity index (χ4v) is 2.89. The molecule has 1 aromatic carbocycles. The summed E-state index contributed by atoms with van der Waals surface area (Å²) in [6.07, 6.45) is 0.528. The van der Waals surface area contributed by atoms with Crippen LogP contribution in [0.15, 0.2) is 24.3 Å². The average Bonchev–Trinajstić information content (AvgIpc) is 2.59. The van der Waals surface area contributed by atoms with Crippen molar-refractivity contribution in [3.05, 3.63) is 24.3 Å². The van der Waals surface area contributed by atoms with E-state index in [-0.39, 0.29) is 31.0 Å². The molecule has 26 heavy (non-hydrogen) atoms. The Labute approximate surface area is 160 Å². The lowest BCUT2D eigenvalue weighted by Crippen LogP contribution is -2.50. The van der Waals surface area contributed by atoms with E-state index >= 15 is 0 Å². The van der Waals surface area contributed by atoms with Crippen molar-refractivity contribution in [3.8, 4) is 11.5 Å². The molecule has 2 atom stereocenters. The van der Waals surface area contributed by atoms with E-state index in [1.807, 2.05) is 31.2 Å². The van der Waals surface area contributed by atoms with E-state index < -0.39 is 12.0 Å². The van der Waals surface area contributed by atoms with Gasteiger partial charge in [-0.05, 0) is 32.0 Å². The van der Waals surface area contributed by atoms with E-state index in [1.165, 1.54) is 0 Å². The Balaban J connectivity index is 0.00000338. The summed E-state index contributed by atoms with van der Waals surface area (Å²) < 4.78 is 11.5. The summed E-state index contributed by atoms with van der Waals surface area (Å²) in [5.74, 6) is 0.316. The molecule has 1 amide bonds. The van der Waals surface area contributed by atoms with Gasteiger partial charge in [0.2, 0.25) is 5.91 Å². The van der Waals surface area contributed by atoms with Gasteiger partial charge in [-0.2, -0.15) is 0 Å². The van der Waals surface area contributed by atoms with Gasteiger partial charge < -0.3 is 19.5 Å². The maximum absolute atomic E-state index is 12.7. The van der Waals surface area contributed by atoms with Gasteiger partial charge in [-0.15, -0.1) is 12.4 Å². The molecular weight excluding hydrogens is 360 g/mol. The largest absolute Gasteiger partial charge is 0.486 e. The smallest absolute Gasteiger partial charge is 0.317 e. The number of carbonyl (C=O) groups excluding carboxylic acids is 1. The van der Waals surface area contributed by atoms with Crippen molar-refractivity contribution in [1.29, 1.82) is 0 Å². The Bertz CT molecular complexity index is 613. The van der Waals surface area contributed by atoms with Crippen molar-refractivity contribution < 1.29 is 24.2 Å². The molecule has 2 rings (SSSR count). The van der Waals surface area contributed by atoms with Crippen molar-refractivity contribution in [2.45, 2.75) is 32.4 Å². The topological polar surface area (TPSA) is 79.3 Å². The summed E-state index contributed by atoms with van der Waals surface area (Å²) >= 11 is 0. The number of carboxylic acids is 1. The number of hydrogen-bond acceptors (Lipinski definition) is 5. The van der Waals surface area contributed by atoms with E-state index in [0.29, 0.717) is 31.2 Å². The number of halogens is 1. The monoisotopic (exact) mass is 386 g/mol. The highest BCUT2D eigenvalue weighted by Crippen LogP contribution is 2.30. The van der Waals surface area contributed by atoms with E-state index in [9.17, 15) is 9.59 Å². The number of carboxylic acid groups (broad SMARTS) is 1. The van der Waals surface area contributed by atoms with Crippen LogP contribution in [-0.2, 0) is 9.59 Å². The van der Waals surface area contributed by atoms with Gasteiger partial charge >= 0.3 is 5.97 Å². The van der Waals surface area contributed by atoms with Crippen molar-refractivity contribution >= 4 is 24.3 Å². The van der Waals surface area contributed by atoms with Crippen LogP contribution in [-0.4, -0.2) is 72.2 Å². The van der Waals surface area contributed by atoms with Crippen molar-refractivity contribution in [2.75, 3.05) is 33.3 Å². The first-order valence-electron chi connectivity index (χ1n) is 8.51. The van der Waals surface area contributed by atoms with Gasteiger partial charge in [-0.1, -0.05) is 19.1 Å². The zero-order valence-electron chi connectivity index (χ0n) is 15.4. The minimum Gasteiger partial charge on any atom is -0.486 e. The summed E-state index contributed by atoms with van der Waals surface area (Å²) in [4.78, 5) is 26.9. The lowest BCUT2D eigenvalue weighted by molar-refractivity contribution is -0.142. The predicted molar refractivity (Wildman–Crippen MR) is 100 cm³/mol. The summed E-state index contributed by atoms with van der Waals surface area (Å²) in [5, 5.41) is 9.03. The molecule has 0 fully saturated rings. The van der Waals surface area contributed by atoms with Gasteiger partial charge in [-0.25, -0.2) is 0 Å². The Morgan fingerprint density at radius 3 is 2.58 bits per heavy atom. The van der Waals surface area contributed by atoms with Crippen LogP contribution in [0.4, 0.5) is 0 Å². The number of amides is 1. The maximum Gasteiger partial charge on any atom is 0.317 e. The maximum atomic E-state index is 12.7. The molecule has 0 radical (unpaired) electrons. The van der Waals surface area contributed by atoms with Crippen LogP contribution in [0.2, 0.25) is 0 Å². The molecule has 0 saturated heterocycles. The van der Waals surface area contributed by atoms with Gasteiger partial charge in [0, 0.05) is 7.05 Å². The van der Waals surface area contributed by atoms with Crippen LogP contribution >= 0.6 is 12.4 Å². The molecule has 0 saturated carbocycles. The van der Waals surface area contributed by atoms with Crippen LogP contribution in [0.3, 0.4) is 0 Å². The van der Waals surface area contributed by atoms with E-state index in [0.717, 1.165) is 6.42 Å². The molecule has 0 aliphatic carbocycles. The second-order valence-electron chi connectivity index (χ2n) is 6.26. The third-order valence-electron chi connectivity index (χ3n) is 4.18. The lowest BCUT2D eigenvalue weighted by atomic mass is 10.2. The lowest BCUT2D eigenvalue weighted by Gasteiger charge is -2.33. The highest BCUT2D eigenvalue weighted by atomic mass is 35.5. The molecule has 0 spiro atoms. The summed E-state index contributed by atoms with van der Waals surface area (Å²) in [6, 6.07) is 6.93. The van der Waals surface area contributed by atoms with E-state index in [4.69, 9.17) is 14.6 Å². The highest BCUT2D eigenvalue weighted by Gasteiger charge is 2.28. The Morgan fingerprint density at radius 2 is 1.96 bits per heavy atom. The number of carbonyl (C=O) groups is 2. The fourth-order valence-electron chi connectivity index (χ4n) is 2.89. The minimum atomic E-state index is -0.934. The SMILES string of the molecule is CCCN(CC(=O)O)C(C)C(=O)N(C)CC1COc2ccccc2O1.Cl. The van der Waals surface area contributed by atoms with Gasteiger partial charge in [-0.3, -0.25) is 14.5 Å². The quantitative estimate of drug-likeness (QED) is 0.735. The first-order chi connectivity index (χ1) is 11.9. The molecule has 1 aliphatic rings. The minimum absolute atomic E-state index is 0.